The van der Waals surface area contributed by atoms with E-state index in [1.54, 1.807) is 0 Å². The van der Waals surface area contributed by atoms with Gasteiger partial charge in [0.2, 0.25) is 0 Å². The Balaban J connectivity index is 0.752. The molecule has 17 aromatic rings. The van der Waals surface area contributed by atoms with Crippen LogP contribution in [0.2, 0.25) is 0 Å². The summed E-state index contributed by atoms with van der Waals surface area (Å²) in [6.45, 7) is 8.99. The molecule has 6 heteroatoms. The van der Waals surface area contributed by atoms with Crippen LogP contribution in [0.3, 0.4) is 0 Å². The Labute approximate surface area is 497 Å². The van der Waals surface area contributed by atoms with Gasteiger partial charge in [-0.2, -0.15) is 0 Å². The lowest BCUT2D eigenvalue weighted by Crippen LogP contribution is -2.10. The molecule has 0 spiro atoms. The number of hydrogen-bond acceptors (Lipinski definition) is 4. The van der Waals surface area contributed by atoms with E-state index in [1.807, 2.05) is 0 Å². The molecule has 4 aromatic heterocycles. The van der Waals surface area contributed by atoms with Gasteiger partial charge in [0.25, 0.3) is 0 Å². The van der Waals surface area contributed by atoms with E-state index in [0.29, 0.717) is 11.8 Å². The largest absolute Gasteiger partial charge is 0.456 e. The Morgan fingerprint density at radius 1 is 0.256 bits per heavy atom. The number of benzene rings is 13. The predicted octanol–water partition coefficient (Wildman–Crippen LogP) is 23.2. The normalized spacial score (nSPS) is 12.2. The molecule has 410 valence electrons. The third kappa shape index (κ3) is 7.94. The molecule has 17 rings (SSSR count). The fourth-order valence-electron chi connectivity index (χ4n) is 13.6. The molecule has 0 saturated carbocycles. The van der Waals surface area contributed by atoms with E-state index in [2.05, 4.69) is 314 Å². The van der Waals surface area contributed by atoms with Gasteiger partial charge >= 0.3 is 0 Å². The van der Waals surface area contributed by atoms with Gasteiger partial charge in [-0.15, -0.1) is 0 Å². The number of furan rings is 2. The molecule has 0 aliphatic heterocycles. The summed E-state index contributed by atoms with van der Waals surface area (Å²) in [6.07, 6.45) is 0. The third-order valence-electron chi connectivity index (χ3n) is 18.0. The number of para-hydroxylation sites is 4. The van der Waals surface area contributed by atoms with Gasteiger partial charge in [-0.3, -0.25) is 0 Å². The van der Waals surface area contributed by atoms with Crippen LogP contribution in [-0.4, -0.2) is 9.13 Å². The molecule has 0 aliphatic rings. The monoisotopic (exact) mass is 1110 g/mol. The van der Waals surface area contributed by atoms with Crippen LogP contribution in [0.15, 0.2) is 276 Å². The standard InChI is InChI=1S/C80H58N4O2/c1-49(2)51-23-29-59(30-24-51)81(63-35-37-75-67(45-63)65-19-11-13-21-73(65)83(75)57-15-7-5-8-16-57)61-33-27-53-41-69-71-47-80-72(48-79(71)85-77(69)43-55(53)39-61)70-42-54-28-34-62(40-56(54)44-78(70)86-80)82(60-31-25-52(26-32-60)50(3)4)64-36-38-76-68(46-64)66-20-12-14-22-74(66)84(76)58-17-9-6-10-18-58/h5-50H,1-4H3. The van der Waals surface area contributed by atoms with E-state index in [1.165, 1.54) is 54.7 Å². The lowest BCUT2D eigenvalue weighted by molar-refractivity contribution is 0.664. The van der Waals surface area contributed by atoms with Crippen molar-refractivity contribution in [1.29, 1.82) is 0 Å². The molecular formula is C80H58N4O2. The van der Waals surface area contributed by atoms with Crippen molar-refractivity contribution in [1.82, 2.24) is 9.13 Å². The van der Waals surface area contributed by atoms with E-state index in [0.717, 1.165) is 111 Å². The number of nitrogens with zero attached hydrogens (tertiary/aromatic N) is 4. The van der Waals surface area contributed by atoms with Gasteiger partial charge in [-0.1, -0.05) is 137 Å². The van der Waals surface area contributed by atoms with Gasteiger partial charge in [-0.25, -0.2) is 0 Å². The molecule has 13 aromatic carbocycles. The summed E-state index contributed by atoms with van der Waals surface area (Å²) in [7, 11) is 0. The zero-order valence-electron chi connectivity index (χ0n) is 48.2. The first-order valence-corrected chi connectivity index (χ1v) is 29.9. The highest BCUT2D eigenvalue weighted by Gasteiger charge is 2.22. The zero-order chi connectivity index (χ0) is 57.3. The molecule has 86 heavy (non-hydrogen) atoms. The Morgan fingerprint density at radius 3 is 1.01 bits per heavy atom. The first-order valence-electron chi connectivity index (χ1n) is 29.9. The van der Waals surface area contributed by atoms with Gasteiger partial charge in [0.1, 0.15) is 22.3 Å². The fraction of sp³-hybridized carbons (Fsp3) is 0.0750. The molecule has 0 fully saturated rings. The second-order valence-electron chi connectivity index (χ2n) is 23.8. The van der Waals surface area contributed by atoms with Crippen molar-refractivity contribution >= 4 is 143 Å². The second kappa shape index (κ2) is 19.4. The highest BCUT2D eigenvalue weighted by atomic mass is 16.3. The number of fused-ring (bicyclic) bond motifs is 14. The van der Waals surface area contributed by atoms with Crippen molar-refractivity contribution in [2.45, 2.75) is 39.5 Å². The Kier molecular flexibility index (Phi) is 11.2. The van der Waals surface area contributed by atoms with Crippen molar-refractivity contribution in [3.05, 3.63) is 278 Å². The molecule has 0 radical (unpaired) electrons. The molecule has 0 aliphatic carbocycles. The highest BCUT2D eigenvalue weighted by Crippen LogP contribution is 2.46. The number of hydrogen-bond donors (Lipinski definition) is 0. The smallest absolute Gasteiger partial charge is 0.136 e. The summed E-state index contributed by atoms with van der Waals surface area (Å²) in [6, 6.07) is 97.6. The average molecular weight is 1110 g/mol. The summed E-state index contributed by atoms with van der Waals surface area (Å²) >= 11 is 0. The minimum absolute atomic E-state index is 0.424. The number of rotatable bonds is 10. The second-order valence-corrected chi connectivity index (χ2v) is 23.8. The van der Waals surface area contributed by atoms with Crippen LogP contribution < -0.4 is 9.80 Å². The van der Waals surface area contributed by atoms with Crippen LogP contribution in [-0.2, 0) is 0 Å². The van der Waals surface area contributed by atoms with Gasteiger partial charge in [0.15, 0.2) is 0 Å². The van der Waals surface area contributed by atoms with E-state index < -0.39 is 0 Å². The molecule has 4 heterocycles. The van der Waals surface area contributed by atoms with Crippen molar-refractivity contribution in [3.63, 3.8) is 0 Å². The summed E-state index contributed by atoms with van der Waals surface area (Å²) in [5.74, 6) is 0.848. The maximum Gasteiger partial charge on any atom is 0.136 e. The van der Waals surface area contributed by atoms with E-state index >= 15 is 0 Å². The predicted molar refractivity (Wildman–Crippen MR) is 362 cm³/mol. The van der Waals surface area contributed by atoms with E-state index in [4.69, 9.17) is 8.83 Å². The van der Waals surface area contributed by atoms with Crippen LogP contribution in [0.1, 0.15) is 50.7 Å². The Bertz CT molecular complexity index is 5190. The summed E-state index contributed by atoms with van der Waals surface area (Å²) < 4.78 is 18.5. The molecule has 0 unspecified atom stereocenters. The Morgan fingerprint density at radius 2 is 0.593 bits per heavy atom. The maximum absolute atomic E-state index is 6.86. The van der Waals surface area contributed by atoms with Crippen LogP contribution in [0.25, 0.3) is 120 Å². The molecule has 0 bridgehead atoms. The van der Waals surface area contributed by atoms with Crippen LogP contribution in [0, 0.1) is 0 Å². The van der Waals surface area contributed by atoms with E-state index in [-0.39, 0.29) is 0 Å². The van der Waals surface area contributed by atoms with E-state index in [9.17, 15) is 0 Å². The van der Waals surface area contributed by atoms with Gasteiger partial charge in [0, 0.05) is 88.6 Å². The van der Waals surface area contributed by atoms with Gasteiger partial charge < -0.3 is 27.8 Å². The summed E-state index contributed by atoms with van der Waals surface area (Å²) in [5, 5.41) is 13.5. The fourth-order valence-corrected chi connectivity index (χ4v) is 13.6. The number of anilines is 6. The van der Waals surface area contributed by atoms with Crippen LogP contribution in [0.4, 0.5) is 34.1 Å². The Hall–Kier alpha value is -10.8. The summed E-state index contributed by atoms with van der Waals surface area (Å²) in [4.78, 5) is 4.78. The average Bonchev–Trinajstić information content (AvgIpc) is 1.77. The minimum atomic E-state index is 0.424. The molecule has 0 saturated heterocycles. The molecule has 0 N–H and O–H groups in total. The van der Waals surface area contributed by atoms with Gasteiger partial charge in [-0.05, 0) is 202 Å². The van der Waals surface area contributed by atoms with Crippen molar-refractivity contribution in [2.75, 3.05) is 9.80 Å². The van der Waals surface area contributed by atoms with Crippen molar-refractivity contribution in [2.24, 2.45) is 0 Å². The minimum Gasteiger partial charge on any atom is -0.456 e. The summed E-state index contributed by atoms with van der Waals surface area (Å²) in [5.41, 5.74) is 19.5. The first kappa shape index (κ1) is 49.8. The number of aromatic nitrogens is 2. The highest BCUT2D eigenvalue weighted by molar-refractivity contribution is 6.19. The van der Waals surface area contributed by atoms with Crippen molar-refractivity contribution < 1.29 is 8.83 Å². The molecule has 6 nitrogen and oxygen atoms in total. The zero-order valence-corrected chi connectivity index (χ0v) is 48.2. The SMILES string of the molecule is CC(C)c1ccc(N(c2ccc3cc4c(cc3c2)oc2cc3c(cc24)oc2cc4cc(N(c5ccc(C(C)C)cc5)c5ccc6c(c5)c5ccccc5n6-c5ccccc5)ccc4cc23)c2ccc3c(c2)c2ccccc2n3-c2ccccc2)cc1. The van der Waals surface area contributed by atoms with Gasteiger partial charge in [0.05, 0.1) is 22.1 Å². The molecule has 0 amide bonds. The van der Waals surface area contributed by atoms with Crippen LogP contribution in [0.5, 0.6) is 0 Å². The maximum atomic E-state index is 6.86. The topological polar surface area (TPSA) is 42.6 Å². The lowest BCUT2D eigenvalue weighted by atomic mass is 10.0. The van der Waals surface area contributed by atoms with Crippen LogP contribution >= 0.6 is 0 Å². The third-order valence-corrected chi connectivity index (χ3v) is 18.0. The first-order chi connectivity index (χ1) is 42.2. The van der Waals surface area contributed by atoms with Crippen molar-refractivity contribution in [3.8, 4) is 11.4 Å². The molecular weight excluding hydrogens is 1050 g/mol. The lowest BCUT2D eigenvalue weighted by Gasteiger charge is -2.26. The molecule has 0 atom stereocenters. The quantitative estimate of drug-likeness (QED) is 0.137.